The Bertz CT molecular complexity index is 542. The Balaban J connectivity index is 2.00. The molecule has 5 heteroatoms. The predicted octanol–water partition coefficient (Wildman–Crippen LogP) is 2.16. The van der Waals surface area contributed by atoms with Gasteiger partial charge in [0.15, 0.2) is 0 Å². The van der Waals surface area contributed by atoms with Crippen molar-refractivity contribution in [3.63, 3.8) is 0 Å². The molecular weight excluding hydrogens is 279 g/mol. The first-order valence-electron chi connectivity index (χ1n) is 7.52. The van der Waals surface area contributed by atoms with Crippen LogP contribution < -0.4 is 16.0 Å². The highest BCUT2D eigenvalue weighted by atomic mass is 19.1. The van der Waals surface area contributed by atoms with Crippen molar-refractivity contribution in [1.82, 2.24) is 10.3 Å². The summed E-state index contributed by atoms with van der Waals surface area (Å²) in [5.74, 6) is 0.696. The van der Waals surface area contributed by atoms with Crippen LogP contribution >= 0.6 is 0 Å². The molecule has 0 bridgehead atoms. The van der Waals surface area contributed by atoms with E-state index in [0.717, 1.165) is 31.0 Å². The van der Waals surface area contributed by atoms with E-state index in [1.165, 1.54) is 12.1 Å². The molecule has 0 aliphatic carbocycles. The van der Waals surface area contributed by atoms with Gasteiger partial charge in [0.25, 0.3) is 0 Å². The van der Waals surface area contributed by atoms with Gasteiger partial charge in [-0.25, -0.2) is 9.37 Å². The number of rotatable bonds is 8. The van der Waals surface area contributed by atoms with Crippen molar-refractivity contribution in [1.29, 1.82) is 0 Å². The molecule has 1 atom stereocenters. The van der Waals surface area contributed by atoms with Gasteiger partial charge in [-0.15, -0.1) is 0 Å². The minimum atomic E-state index is -0.216. The van der Waals surface area contributed by atoms with Crippen LogP contribution in [-0.2, 0) is 6.54 Å². The number of nitrogens with zero attached hydrogens (tertiary/aromatic N) is 2. The third-order valence-corrected chi connectivity index (χ3v) is 3.28. The summed E-state index contributed by atoms with van der Waals surface area (Å²) in [5, 5.41) is 3.33. The first-order chi connectivity index (χ1) is 10.6. The molecule has 3 N–H and O–H groups in total. The van der Waals surface area contributed by atoms with E-state index in [-0.39, 0.29) is 11.9 Å². The average molecular weight is 302 g/mol. The Kier molecular flexibility index (Phi) is 6.30. The van der Waals surface area contributed by atoms with E-state index >= 15 is 0 Å². The van der Waals surface area contributed by atoms with Crippen LogP contribution in [0.1, 0.15) is 12.5 Å². The van der Waals surface area contributed by atoms with Crippen LogP contribution in [0.25, 0.3) is 0 Å². The summed E-state index contributed by atoms with van der Waals surface area (Å²) in [6.45, 7) is 5.08. The second-order valence-corrected chi connectivity index (χ2v) is 5.42. The first kappa shape index (κ1) is 16.4. The quantitative estimate of drug-likeness (QED) is 0.734. The number of anilines is 1. The molecule has 1 aromatic heterocycles. The zero-order valence-corrected chi connectivity index (χ0v) is 12.9. The van der Waals surface area contributed by atoms with E-state index in [2.05, 4.69) is 15.2 Å². The van der Waals surface area contributed by atoms with Gasteiger partial charge in [0.05, 0.1) is 0 Å². The van der Waals surface area contributed by atoms with Gasteiger partial charge >= 0.3 is 0 Å². The molecule has 0 saturated heterocycles. The monoisotopic (exact) mass is 302 g/mol. The standard InChI is InChI=1S/C17H23FN4/c1-14(19)12-20-10-11-22(17-4-2-3-9-21-17)13-15-5-7-16(18)8-6-15/h2-9,14,20H,10-13,19H2,1H3. The maximum absolute atomic E-state index is 13.0. The van der Waals surface area contributed by atoms with Crippen molar-refractivity contribution < 1.29 is 4.39 Å². The van der Waals surface area contributed by atoms with Gasteiger partial charge < -0.3 is 16.0 Å². The van der Waals surface area contributed by atoms with E-state index in [1.54, 1.807) is 18.3 Å². The predicted molar refractivity (Wildman–Crippen MR) is 88.2 cm³/mol. The summed E-state index contributed by atoms with van der Waals surface area (Å²) in [5.41, 5.74) is 6.79. The Morgan fingerprint density at radius 1 is 1.23 bits per heavy atom. The minimum absolute atomic E-state index is 0.139. The zero-order chi connectivity index (χ0) is 15.8. The summed E-state index contributed by atoms with van der Waals surface area (Å²) in [6.07, 6.45) is 1.78. The van der Waals surface area contributed by atoms with Gasteiger partial charge in [-0.3, -0.25) is 0 Å². The molecular formula is C17H23FN4. The average Bonchev–Trinajstić information content (AvgIpc) is 2.53. The fourth-order valence-electron chi connectivity index (χ4n) is 2.17. The topological polar surface area (TPSA) is 54.2 Å². The largest absolute Gasteiger partial charge is 0.351 e. The molecule has 2 rings (SSSR count). The van der Waals surface area contributed by atoms with Gasteiger partial charge in [-0.1, -0.05) is 18.2 Å². The highest BCUT2D eigenvalue weighted by Crippen LogP contribution is 2.14. The molecule has 0 spiro atoms. The third-order valence-electron chi connectivity index (χ3n) is 3.28. The number of hydrogen-bond acceptors (Lipinski definition) is 4. The highest BCUT2D eigenvalue weighted by Gasteiger charge is 2.08. The van der Waals surface area contributed by atoms with Crippen molar-refractivity contribution in [2.45, 2.75) is 19.5 Å². The number of aromatic nitrogens is 1. The lowest BCUT2D eigenvalue weighted by molar-refractivity contribution is 0.597. The molecule has 1 aromatic carbocycles. The maximum Gasteiger partial charge on any atom is 0.128 e. The SMILES string of the molecule is CC(N)CNCCN(Cc1ccc(F)cc1)c1ccccn1. The smallest absolute Gasteiger partial charge is 0.128 e. The van der Waals surface area contributed by atoms with E-state index in [0.29, 0.717) is 6.54 Å². The third kappa shape index (κ3) is 5.42. The van der Waals surface area contributed by atoms with Gasteiger partial charge in [-0.2, -0.15) is 0 Å². The number of hydrogen-bond donors (Lipinski definition) is 2. The molecule has 0 aliphatic rings. The van der Waals surface area contributed by atoms with E-state index < -0.39 is 0 Å². The number of pyridine rings is 1. The molecule has 1 unspecified atom stereocenters. The van der Waals surface area contributed by atoms with Crippen LogP contribution in [0.3, 0.4) is 0 Å². The Labute approximate surface area is 131 Å². The Hall–Kier alpha value is -1.98. The second-order valence-electron chi connectivity index (χ2n) is 5.42. The van der Waals surface area contributed by atoms with Crippen LogP contribution in [0.15, 0.2) is 48.7 Å². The first-order valence-corrected chi connectivity index (χ1v) is 7.52. The molecule has 22 heavy (non-hydrogen) atoms. The van der Waals surface area contributed by atoms with Crippen molar-refractivity contribution in [3.8, 4) is 0 Å². The lowest BCUT2D eigenvalue weighted by Gasteiger charge is -2.24. The summed E-state index contributed by atoms with van der Waals surface area (Å²) in [6, 6.07) is 12.6. The van der Waals surface area contributed by atoms with Crippen LogP contribution in [-0.4, -0.2) is 30.7 Å². The van der Waals surface area contributed by atoms with Crippen molar-refractivity contribution in [3.05, 3.63) is 60.0 Å². The number of nitrogens with one attached hydrogen (secondary N) is 1. The molecule has 0 amide bonds. The van der Waals surface area contributed by atoms with Crippen molar-refractivity contribution in [2.75, 3.05) is 24.5 Å². The molecule has 118 valence electrons. The van der Waals surface area contributed by atoms with Gasteiger partial charge in [0.1, 0.15) is 11.6 Å². The normalized spacial score (nSPS) is 12.1. The van der Waals surface area contributed by atoms with Crippen LogP contribution in [0, 0.1) is 5.82 Å². The molecule has 0 radical (unpaired) electrons. The fourth-order valence-corrected chi connectivity index (χ4v) is 2.17. The Morgan fingerprint density at radius 2 is 2.00 bits per heavy atom. The number of benzene rings is 1. The molecule has 0 aliphatic heterocycles. The summed E-state index contributed by atoms with van der Waals surface area (Å²) >= 11 is 0. The summed E-state index contributed by atoms with van der Waals surface area (Å²) in [4.78, 5) is 6.57. The van der Waals surface area contributed by atoms with E-state index in [4.69, 9.17) is 5.73 Å². The zero-order valence-electron chi connectivity index (χ0n) is 12.9. The molecule has 0 saturated carbocycles. The number of halogens is 1. The van der Waals surface area contributed by atoms with Crippen LogP contribution in [0.5, 0.6) is 0 Å². The highest BCUT2D eigenvalue weighted by molar-refractivity contribution is 5.39. The van der Waals surface area contributed by atoms with Crippen molar-refractivity contribution >= 4 is 5.82 Å². The maximum atomic E-state index is 13.0. The van der Waals surface area contributed by atoms with Crippen molar-refractivity contribution in [2.24, 2.45) is 5.73 Å². The molecule has 4 nitrogen and oxygen atoms in total. The molecule has 0 fully saturated rings. The lowest BCUT2D eigenvalue weighted by atomic mass is 10.2. The molecule has 2 aromatic rings. The van der Waals surface area contributed by atoms with Crippen LogP contribution in [0.4, 0.5) is 10.2 Å². The van der Waals surface area contributed by atoms with Gasteiger partial charge in [-0.05, 0) is 36.8 Å². The van der Waals surface area contributed by atoms with Gasteiger partial charge in [0.2, 0.25) is 0 Å². The van der Waals surface area contributed by atoms with Gasteiger partial charge in [0, 0.05) is 38.4 Å². The number of nitrogens with two attached hydrogens (primary N) is 1. The molecule has 1 heterocycles. The minimum Gasteiger partial charge on any atom is -0.351 e. The van der Waals surface area contributed by atoms with E-state index in [9.17, 15) is 4.39 Å². The van der Waals surface area contributed by atoms with Crippen LogP contribution in [0.2, 0.25) is 0 Å². The second kappa shape index (κ2) is 8.46. The fraction of sp³-hybridized carbons (Fsp3) is 0.353. The summed E-state index contributed by atoms with van der Waals surface area (Å²) in [7, 11) is 0. The summed E-state index contributed by atoms with van der Waals surface area (Å²) < 4.78 is 13.0. The lowest BCUT2D eigenvalue weighted by Crippen LogP contribution is -2.37. The Morgan fingerprint density at radius 3 is 2.64 bits per heavy atom. The van der Waals surface area contributed by atoms with E-state index in [1.807, 2.05) is 25.1 Å².